The van der Waals surface area contributed by atoms with Crippen molar-refractivity contribution in [3.8, 4) is 5.75 Å². The van der Waals surface area contributed by atoms with Gasteiger partial charge in [-0.1, -0.05) is 11.6 Å². The maximum absolute atomic E-state index is 11.3. The molecule has 23 heavy (non-hydrogen) atoms. The number of nitrogens with zero attached hydrogens (tertiary/aromatic N) is 1. The van der Waals surface area contributed by atoms with Crippen molar-refractivity contribution in [3.63, 3.8) is 0 Å². The molecule has 130 valence electrons. The van der Waals surface area contributed by atoms with Crippen molar-refractivity contribution >= 4 is 21.6 Å². The molecule has 1 fully saturated rings. The Kier molecular flexibility index (Phi) is 5.58. The van der Waals surface area contributed by atoms with E-state index >= 15 is 0 Å². The third-order valence-corrected chi connectivity index (χ3v) is 4.95. The van der Waals surface area contributed by atoms with Gasteiger partial charge in [0.2, 0.25) is 10.0 Å². The molecule has 6 nitrogen and oxygen atoms in total. The number of rotatable bonds is 4. The van der Waals surface area contributed by atoms with Gasteiger partial charge in [0.05, 0.1) is 16.5 Å². The van der Waals surface area contributed by atoms with Crippen LogP contribution >= 0.6 is 11.6 Å². The van der Waals surface area contributed by atoms with E-state index in [9.17, 15) is 8.42 Å². The smallest absolute Gasteiger partial charge is 0.238 e. The van der Waals surface area contributed by atoms with Crippen LogP contribution in [-0.2, 0) is 14.8 Å². The van der Waals surface area contributed by atoms with Crippen LogP contribution in [0.4, 0.5) is 0 Å². The number of morpholine rings is 1. The van der Waals surface area contributed by atoms with E-state index in [4.69, 9.17) is 26.2 Å². The summed E-state index contributed by atoms with van der Waals surface area (Å²) in [5.41, 5.74) is 0.0802. The summed E-state index contributed by atoms with van der Waals surface area (Å²) in [5.74, 6) is 0.413. The lowest BCUT2D eigenvalue weighted by molar-refractivity contribution is -0.0728. The summed E-state index contributed by atoms with van der Waals surface area (Å²) in [7, 11) is -3.77. The molecule has 0 amide bonds. The highest BCUT2D eigenvalue weighted by Gasteiger charge is 2.28. The molecular weight excluding hydrogens is 340 g/mol. The molecule has 1 aliphatic rings. The van der Waals surface area contributed by atoms with Crippen LogP contribution in [0.15, 0.2) is 23.1 Å². The quantitative estimate of drug-likeness (QED) is 0.884. The molecule has 0 saturated carbocycles. The van der Waals surface area contributed by atoms with E-state index in [0.29, 0.717) is 19.0 Å². The summed E-state index contributed by atoms with van der Waals surface area (Å²) in [4.78, 5) is 2.30. The fourth-order valence-electron chi connectivity index (χ4n) is 2.39. The van der Waals surface area contributed by atoms with E-state index in [1.54, 1.807) is 0 Å². The predicted octanol–water partition coefficient (Wildman–Crippen LogP) is 1.87. The van der Waals surface area contributed by atoms with Crippen LogP contribution in [0.25, 0.3) is 0 Å². The highest BCUT2D eigenvalue weighted by Crippen LogP contribution is 2.27. The molecule has 1 unspecified atom stereocenters. The monoisotopic (exact) mass is 362 g/mol. The van der Waals surface area contributed by atoms with Crippen molar-refractivity contribution in [2.24, 2.45) is 5.14 Å². The van der Waals surface area contributed by atoms with E-state index in [2.05, 4.69) is 25.7 Å². The molecule has 1 heterocycles. The van der Waals surface area contributed by atoms with Crippen LogP contribution in [0.1, 0.15) is 20.8 Å². The second-order valence-corrected chi connectivity index (χ2v) is 8.53. The molecule has 0 aromatic heterocycles. The van der Waals surface area contributed by atoms with Gasteiger partial charge in [-0.2, -0.15) is 0 Å². The number of nitrogens with two attached hydrogens (primary N) is 1. The molecule has 1 aliphatic heterocycles. The van der Waals surface area contributed by atoms with Gasteiger partial charge >= 0.3 is 0 Å². The lowest BCUT2D eigenvalue weighted by Gasteiger charge is -2.41. The first-order valence-corrected chi connectivity index (χ1v) is 9.31. The lowest BCUT2D eigenvalue weighted by atomic mass is 10.0. The molecule has 2 N–H and O–H groups in total. The molecule has 2 rings (SSSR count). The summed E-state index contributed by atoms with van der Waals surface area (Å²) in [6.45, 7) is 9.17. The molecule has 0 aliphatic carbocycles. The van der Waals surface area contributed by atoms with Crippen LogP contribution in [0.2, 0.25) is 5.02 Å². The number of hydrogen-bond acceptors (Lipinski definition) is 5. The van der Waals surface area contributed by atoms with E-state index in [1.807, 2.05) is 0 Å². The zero-order valence-electron chi connectivity index (χ0n) is 13.6. The number of primary sulfonamides is 1. The Morgan fingerprint density at radius 2 is 2.13 bits per heavy atom. The number of hydrogen-bond donors (Lipinski definition) is 1. The van der Waals surface area contributed by atoms with Crippen molar-refractivity contribution in [2.75, 3.05) is 26.3 Å². The molecule has 1 aromatic rings. The first kappa shape index (κ1) is 18.5. The van der Waals surface area contributed by atoms with E-state index in [-0.39, 0.29) is 21.6 Å². The number of halogens is 1. The number of benzene rings is 1. The Balaban J connectivity index is 1.98. The van der Waals surface area contributed by atoms with Gasteiger partial charge in [0.15, 0.2) is 0 Å². The van der Waals surface area contributed by atoms with Crippen LogP contribution in [0.5, 0.6) is 5.75 Å². The van der Waals surface area contributed by atoms with Crippen molar-refractivity contribution in [2.45, 2.75) is 37.3 Å². The molecule has 1 saturated heterocycles. The summed E-state index contributed by atoms with van der Waals surface area (Å²) in [6, 6.07) is 4.17. The normalized spacial score (nSPS) is 20.5. The predicted molar refractivity (Wildman–Crippen MR) is 89.4 cm³/mol. The highest BCUT2D eigenvalue weighted by molar-refractivity contribution is 7.89. The Hall–Kier alpha value is -0.860. The van der Waals surface area contributed by atoms with Gasteiger partial charge in [0.25, 0.3) is 0 Å². The number of ether oxygens (including phenoxy) is 2. The second kappa shape index (κ2) is 6.94. The molecule has 0 bridgehead atoms. The van der Waals surface area contributed by atoms with E-state index < -0.39 is 10.0 Å². The molecular formula is C15H23ClN2O4S. The SMILES string of the molecule is CC(C)(C)N1CCOC(COc2ccc(S(N)(=O)=O)cc2Cl)C1. The number of sulfonamides is 1. The Morgan fingerprint density at radius 3 is 2.70 bits per heavy atom. The van der Waals surface area contributed by atoms with Crippen molar-refractivity contribution in [3.05, 3.63) is 23.2 Å². The van der Waals surface area contributed by atoms with Gasteiger partial charge in [-0.05, 0) is 39.0 Å². The third-order valence-electron chi connectivity index (χ3n) is 3.74. The van der Waals surface area contributed by atoms with Gasteiger partial charge in [-0.3, -0.25) is 4.90 Å². The molecule has 0 spiro atoms. The second-order valence-electron chi connectivity index (χ2n) is 6.56. The van der Waals surface area contributed by atoms with Crippen LogP contribution < -0.4 is 9.88 Å². The van der Waals surface area contributed by atoms with Gasteiger partial charge in [-0.15, -0.1) is 0 Å². The maximum Gasteiger partial charge on any atom is 0.238 e. The summed E-state index contributed by atoms with van der Waals surface area (Å²) in [6.07, 6.45) is -0.0584. The Labute approximate surface area is 142 Å². The van der Waals surface area contributed by atoms with Gasteiger partial charge in [0, 0.05) is 18.6 Å². The largest absolute Gasteiger partial charge is 0.489 e. The highest BCUT2D eigenvalue weighted by atomic mass is 35.5. The molecule has 8 heteroatoms. The Bertz CT molecular complexity index is 658. The lowest BCUT2D eigenvalue weighted by Crippen LogP contribution is -2.52. The van der Waals surface area contributed by atoms with E-state index in [1.165, 1.54) is 18.2 Å². The van der Waals surface area contributed by atoms with Crippen molar-refractivity contribution in [1.29, 1.82) is 0 Å². The summed E-state index contributed by atoms with van der Waals surface area (Å²) < 4.78 is 34.0. The average Bonchev–Trinajstić information content (AvgIpc) is 2.44. The minimum atomic E-state index is -3.77. The standard InChI is InChI=1S/C15H23ClN2O4S/c1-15(2,3)18-6-7-21-11(9-18)10-22-14-5-4-12(8-13(14)16)23(17,19)20/h4-5,8,11H,6-7,9-10H2,1-3H3,(H2,17,19,20). The maximum atomic E-state index is 11.3. The minimum Gasteiger partial charge on any atom is -0.489 e. The van der Waals surface area contributed by atoms with Gasteiger partial charge in [-0.25, -0.2) is 13.6 Å². The van der Waals surface area contributed by atoms with Crippen molar-refractivity contribution in [1.82, 2.24) is 4.90 Å². The van der Waals surface area contributed by atoms with Crippen LogP contribution in [-0.4, -0.2) is 51.3 Å². The van der Waals surface area contributed by atoms with Crippen LogP contribution in [0, 0.1) is 0 Å². The zero-order chi connectivity index (χ0) is 17.3. The van der Waals surface area contributed by atoms with E-state index in [0.717, 1.165) is 13.1 Å². The molecule has 0 radical (unpaired) electrons. The Morgan fingerprint density at radius 1 is 1.43 bits per heavy atom. The van der Waals surface area contributed by atoms with Crippen LogP contribution in [0.3, 0.4) is 0 Å². The topological polar surface area (TPSA) is 81.9 Å². The molecule has 1 aromatic carbocycles. The summed E-state index contributed by atoms with van der Waals surface area (Å²) in [5, 5.41) is 5.28. The first-order valence-electron chi connectivity index (χ1n) is 7.39. The fourth-order valence-corrected chi connectivity index (χ4v) is 3.23. The minimum absolute atomic E-state index is 0.0392. The van der Waals surface area contributed by atoms with Gasteiger partial charge in [0.1, 0.15) is 18.5 Å². The van der Waals surface area contributed by atoms with Gasteiger partial charge < -0.3 is 9.47 Å². The zero-order valence-corrected chi connectivity index (χ0v) is 15.2. The third kappa shape index (κ3) is 5.06. The summed E-state index contributed by atoms with van der Waals surface area (Å²) >= 11 is 6.06. The average molecular weight is 363 g/mol. The molecule has 1 atom stereocenters. The fraction of sp³-hybridized carbons (Fsp3) is 0.600. The first-order chi connectivity index (χ1) is 10.6. The van der Waals surface area contributed by atoms with Crippen molar-refractivity contribution < 1.29 is 17.9 Å².